The lowest BCUT2D eigenvalue weighted by atomic mass is 10.0. The highest BCUT2D eigenvalue weighted by molar-refractivity contribution is 7.91. The summed E-state index contributed by atoms with van der Waals surface area (Å²) in [7, 11) is -19.9. The summed E-state index contributed by atoms with van der Waals surface area (Å²) in [6.07, 6.45) is 4.92. The van der Waals surface area contributed by atoms with E-state index in [0.29, 0.717) is 18.8 Å². The van der Waals surface area contributed by atoms with E-state index in [4.69, 9.17) is 5.11 Å². The van der Waals surface area contributed by atoms with Gasteiger partial charge in [0, 0.05) is 0 Å². The van der Waals surface area contributed by atoms with Crippen molar-refractivity contribution in [2.24, 2.45) is 5.92 Å². The van der Waals surface area contributed by atoms with Gasteiger partial charge < -0.3 is 21.5 Å². The molecule has 1 N–H and O–H groups in total. The van der Waals surface area contributed by atoms with Gasteiger partial charge in [-0.2, -0.15) is 0 Å². The van der Waals surface area contributed by atoms with Crippen molar-refractivity contribution in [2.45, 2.75) is 5.25 Å². The van der Waals surface area contributed by atoms with Crippen LogP contribution in [0.2, 0.25) is 0 Å². The van der Waals surface area contributed by atoms with Crippen LogP contribution in [0.15, 0.2) is 24.3 Å². The first-order valence-corrected chi connectivity index (χ1v) is 14.0. The van der Waals surface area contributed by atoms with Gasteiger partial charge in [0.05, 0.1) is 24.7 Å². The molecule has 1 aliphatic carbocycles. The van der Waals surface area contributed by atoms with Crippen LogP contribution in [0, 0.1) is 5.92 Å². The van der Waals surface area contributed by atoms with E-state index in [1.807, 2.05) is 0 Å². The normalized spacial score (nSPS) is 21.2. The van der Waals surface area contributed by atoms with Gasteiger partial charge in [-0.15, -0.1) is 0 Å². The van der Waals surface area contributed by atoms with Crippen LogP contribution in [-0.4, -0.2) is 75.7 Å². The Labute approximate surface area is 167 Å². The molecule has 29 heavy (non-hydrogen) atoms. The molecule has 0 saturated heterocycles. The molecule has 14 nitrogen and oxygen atoms in total. The predicted molar refractivity (Wildman–Crippen MR) is 96.7 cm³/mol. The van der Waals surface area contributed by atoms with E-state index in [-0.39, 0.29) is 0 Å². The molecule has 0 radical (unpaired) electrons. The van der Waals surface area contributed by atoms with E-state index < -0.39 is 64.6 Å². The van der Waals surface area contributed by atoms with Crippen LogP contribution >= 0.6 is 0 Å². The average molecular weight is 499 g/mol. The van der Waals surface area contributed by atoms with Crippen LogP contribution in [0.25, 0.3) is 0 Å². The van der Waals surface area contributed by atoms with Crippen LogP contribution in [-0.2, 0) is 61.7 Å². The maximum absolute atomic E-state index is 12.6. The molecule has 0 aromatic rings. The molecule has 0 fully saturated rings. The fourth-order valence-electron chi connectivity index (χ4n) is 2.05. The molecule has 0 aliphatic heterocycles. The number of carboxylic acid groups (broad SMARTS) is 1. The van der Waals surface area contributed by atoms with E-state index in [0.717, 1.165) is 18.2 Å². The number of rotatable bonds is 10. The van der Waals surface area contributed by atoms with Crippen molar-refractivity contribution in [1.82, 2.24) is 0 Å². The minimum atomic E-state index is -5.31. The zero-order valence-corrected chi connectivity index (χ0v) is 18.2. The molecule has 168 valence electrons. The van der Waals surface area contributed by atoms with Gasteiger partial charge in [-0.1, -0.05) is 24.3 Å². The molecule has 0 aromatic heterocycles. The van der Waals surface area contributed by atoms with E-state index in [1.54, 1.807) is 0 Å². The maximum atomic E-state index is 12.6. The van der Waals surface area contributed by atoms with Gasteiger partial charge in [0.1, 0.15) is 5.25 Å². The summed E-state index contributed by atoms with van der Waals surface area (Å²) in [6.45, 7) is -5.04. The first-order chi connectivity index (χ1) is 12.8. The van der Waals surface area contributed by atoms with Crippen molar-refractivity contribution in [3.05, 3.63) is 24.3 Å². The van der Waals surface area contributed by atoms with Crippen molar-refractivity contribution >= 4 is 53.4 Å². The Kier molecular flexibility index (Phi) is 7.46. The van der Waals surface area contributed by atoms with Gasteiger partial charge in [0.2, 0.25) is 40.5 Å². The fraction of sp³-hybridized carbons (Fsp3) is 0.500. The van der Waals surface area contributed by atoms with Crippen LogP contribution in [0.5, 0.6) is 0 Å². The molecule has 0 amide bonds. The molecule has 19 heteroatoms. The van der Waals surface area contributed by atoms with Gasteiger partial charge >= 0.3 is 12.9 Å². The van der Waals surface area contributed by atoms with Gasteiger partial charge in [-0.05, 0) is 0 Å². The minimum absolute atomic E-state index is 0.292. The van der Waals surface area contributed by atoms with Crippen LogP contribution in [0.4, 0.5) is 0 Å². The minimum Gasteiger partial charge on any atom is -0.481 e. The summed E-state index contributed by atoms with van der Waals surface area (Å²) in [6, 6.07) is 0. The molecule has 1 rings (SSSR count). The monoisotopic (exact) mass is 499 g/mol. The number of hydrogen-bond acceptors (Lipinski definition) is 13. The quantitative estimate of drug-likeness (QED) is 0.319. The summed E-state index contributed by atoms with van der Waals surface area (Å²) >= 11 is 0. The SMILES string of the molecule is CS(=O)(=O)O[B-](OS(C)(=O)=O)(OS(C)(=O)=O)OS(=O)(=O)C1C=CC=CC1C(=O)O. The highest BCUT2D eigenvalue weighted by Crippen LogP contribution is 2.28. The Balaban J connectivity index is 3.61. The lowest BCUT2D eigenvalue weighted by Gasteiger charge is -2.37. The van der Waals surface area contributed by atoms with Crippen molar-refractivity contribution in [3.63, 3.8) is 0 Å². The molecule has 2 atom stereocenters. The van der Waals surface area contributed by atoms with Crippen LogP contribution in [0.3, 0.4) is 0 Å². The smallest absolute Gasteiger partial charge is 0.481 e. The summed E-state index contributed by atoms with van der Waals surface area (Å²) in [4.78, 5) is 11.3. The molecule has 0 aromatic carbocycles. The number of allylic oxidation sites excluding steroid dienone is 2. The van der Waals surface area contributed by atoms with Crippen molar-refractivity contribution < 1.29 is 60.0 Å². The largest absolute Gasteiger partial charge is 0.586 e. The number of hydrogen-bond donors (Lipinski definition) is 1. The number of aliphatic carboxylic acids is 1. The standard InChI is InChI=1S/C10H16BO14S4/c1-26(14,15)22-11(23-27(2,16)17,24-28(3,18)19)25-29(20,21)9-7-5-4-6-8(9)10(12)13/h4-9H,1-3H3,(H,12,13)/q-1. The average Bonchev–Trinajstić information content (AvgIpc) is 2.40. The molecular weight excluding hydrogens is 483 g/mol. The molecule has 2 unspecified atom stereocenters. The summed E-state index contributed by atoms with van der Waals surface area (Å²) in [5.41, 5.74) is 0. The molecule has 0 heterocycles. The Morgan fingerprint density at radius 1 is 0.759 bits per heavy atom. The van der Waals surface area contributed by atoms with Gasteiger partial charge in [0.15, 0.2) is 0 Å². The Hall–Kier alpha value is -1.35. The maximum Gasteiger partial charge on any atom is 0.586 e. The van der Waals surface area contributed by atoms with E-state index >= 15 is 0 Å². The van der Waals surface area contributed by atoms with Crippen molar-refractivity contribution in [1.29, 1.82) is 0 Å². The third kappa shape index (κ3) is 8.50. The first kappa shape index (κ1) is 25.7. The zero-order chi connectivity index (χ0) is 22.9. The second-order valence-corrected chi connectivity index (χ2v) is 12.2. The van der Waals surface area contributed by atoms with Crippen molar-refractivity contribution in [3.8, 4) is 0 Å². The zero-order valence-electron chi connectivity index (χ0n) is 14.9. The molecule has 0 saturated carbocycles. The third-order valence-electron chi connectivity index (χ3n) is 2.83. The van der Waals surface area contributed by atoms with Crippen molar-refractivity contribution in [2.75, 3.05) is 18.8 Å². The molecule has 0 bridgehead atoms. The van der Waals surface area contributed by atoms with Gasteiger partial charge in [0.25, 0.3) is 0 Å². The van der Waals surface area contributed by atoms with Gasteiger partial charge in [-0.25, -0.2) is 33.7 Å². The van der Waals surface area contributed by atoms with Gasteiger partial charge in [-0.3, -0.25) is 4.79 Å². The first-order valence-electron chi connectivity index (χ1n) is 7.12. The Morgan fingerprint density at radius 2 is 1.14 bits per heavy atom. The van der Waals surface area contributed by atoms with E-state index in [1.165, 1.54) is 6.08 Å². The summed E-state index contributed by atoms with van der Waals surface area (Å²) < 4.78 is 111. The second-order valence-electron chi connectivity index (χ2n) is 5.67. The van der Waals surface area contributed by atoms with E-state index in [2.05, 4.69) is 16.4 Å². The molecule has 1 aliphatic rings. The number of carbonyl (C=O) groups is 1. The van der Waals surface area contributed by atoms with E-state index in [9.17, 15) is 38.5 Å². The second kappa shape index (κ2) is 8.42. The Bertz CT molecular complexity index is 1050. The lowest BCUT2D eigenvalue weighted by molar-refractivity contribution is -0.139. The Morgan fingerprint density at radius 3 is 1.48 bits per heavy atom. The lowest BCUT2D eigenvalue weighted by Crippen LogP contribution is -2.55. The number of carboxylic acids is 1. The highest BCUT2D eigenvalue weighted by atomic mass is 32.2. The highest BCUT2D eigenvalue weighted by Gasteiger charge is 2.49. The summed E-state index contributed by atoms with van der Waals surface area (Å²) in [5.74, 6) is -3.40. The predicted octanol–water partition coefficient (Wildman–Crippen LogP) is -2.11. The van der Waals surface area contributed by atoms with Crippen LogP contribution < -0.4 is 0 Å². The fourth-order valence-corrected chi connectivity index (χ4v) is 5.41. The summed E-state index contributed by atoms with van der Waals surface area (Å²) in [5, 5.41) is 7.11. The third-order valence-corrected chi connectivity index (χ3v) is 6.21. The molecule has 0 spiro atoms. The topological polar surface area (TPSA) is 211 Å². The van der Waals surface area contributed by atoms with Crippen LogP contribution in [0.1, 0.15) is 0 Å². The molecular formula is C10H16BO14S4-.